The molecule has 1 fully saturated rings. The van der Waals surface area contributed by atoms with E-state index < -0.39 is 5.54 Å². The molecule has 1 aliphatic heterocycles. The summed E-state index contributed by atoms with van der Waals surface area (Å²) in [5, 5.41) is 2.08. The fourth-order valence-electron chi connectivity index (χ4n) is 2.99. The Balaban J connectivity index is 2.36. The Labute approximate surface area is 125 Å². The van der Waals surface area contributed by atoms with Crippen LogP contribution in [0.1, 0.15) is 38.1 Å². The first-order valence-corrected chi connectivity index (χ1v) is 8.08. The van der Waals surface area contributed by atoms with Gasteiger partial charge in [-0.15, -0.1) is 11.3 Å². The summed E-state index contributed by atoms with van der Waals surface area (Å²) < 4.78 is 0. The van der Waals surface area contributed by atoms with Gasteiger partial charge in [0.1, 0.15) is 0 Å². The van der Waals surface area contributed by atoms with E-state index in [0.717, 1.165) is 19.5 Å². The van der Waals surface area contributed by atoms with Crippen molar-refractivity contribution in [2.75, 3.05) is 20.1 Å². The van der Waals surface area contributed by atoms with Crippen molar-refractivity contribution in [3.63, 3.8) is 0 Å². The summed E-state index contributed by atoms with van der Waals surface area (Å²) in [7, 11) is 1.88. The average molecular weight is 295 g/mol. The van der Waals surface area contributed by atoms with Crippen LogP contribution in [0.3, 0.4) is 0 Å². The average Bonchev–Trinajstić information content (AvgIpc) is 2.93. The number of hydrogen-bond acceptors (Lipinski definition) is 4. The molecule has 0 saturated carbocycles. The van der Waals surface area contributed by atoms with Gasteiger partial charge in [-0.05, 0) is 31.7 Å². The highest BCUT2D eigenvalue weighted by atomic mass is 32.1. The molecular weight excluding hydrogens is 270 g/mol. The molecule has 112 valence electrons. The molecule has 2 N–H and O–H groups in total. The molecule has 0 radical (unpaired) electrons. The van der Waals surface area contributed by atoms with Gasteiger partial charge in [-0.1, -0.05) is 13.0 Å². The summed E-state index contributed by atoms with van der Waals surface area (Å²) >= 11 is 1.72. The number of nitrogens with zero attached hydrogens (tertiary/aromatic N) is 2. The number of nitrogens with two attached hydrogens (primary N) is 1. The van der Waals surface area contributed by atoms with E-state index in [1.165, 1.54) is 4.88 Å². The van der Waals surface area contributed by atoms with Crippen LogP contribution in [0.2, 0.25) is 0 Å². The maximum absolute atomic E-state index is 12.5. The van der Waals surface area contributed by atoms with Crippen LogP contribution in [-0.4, -0.2) is 47.4 Å². The highest BCUT2D eigenvalue weighted by molar-refractivity contribution is 7.10. The number of carbonyl (C=O) groups excluding carboxylic acids is 1. The molecule has 1 aromatic rings. The number of thiophene rings is 1. The minimum absolute atomic E-state index is 0.0455. The van der Waals surface area contributed by atoms with Crippen LogP contribution < -0.4 is 5.73 Å². The lowest BCUT2D eigenvalue weighted by atomic mass is 9.91. The Bertz CT molecular complexity index is 458. The second kappa shape index (κ2) is 5.84. The molecule has 5 heteroatoms. The smallest absolute Gasteiger partial charge is 0.242 e. The molecule has 4 nitrogen and oxygen atoms in total. The summed E-state index contributed by atoms with van der Waals surface area (Å²) in [5.41, 5.74) is 5.88. The first-order valence-electron chi connectivity index (χ1n) is 7.21. The van der Waals surface area contributed by atoms with Gasteiger partial charge in [0.2, 0.25) is 5.91 Å². The minimum atomic E-state index is -0.506. The molecule has 0 spiro atoms. The van der Waals surface area contributed by atoms with Gasteiger partial charge in [-0.25, -0.2) is 0 Å². The van der Waals surface area contributed by atoms with Crippen molar-refractivity contribution in [3.8, 4) is 0 Å². The third-order valence-corrected chi connectivity index (χ3v) is 5.25. The number of amides is 1. The number of piperazine rings is 1. The molecule has 1 aromatic heterocycles. The highest BCUT2D eigenvalue weighted by Crippen LogP contribution is 2.36. The number of hydrogen-bond donors (Lipinski definition) is 1. The van der Waals surface area contributed by atoms with E-state index in [4.69, 9.17) is 5.73 Å². The van der Waals surface area contributed by atoms with Gasteiger partial charge in [-0.3, -0.25) is 9.69 Å². The quantitative estimate of drug-likeness (QED) is 0.925. The predicted molar refractivity (Wildman–Crippen MR) is 83.7 cm³/mol. The lowest BCUT2D eigenvalue weighted by Crippen LogP contribution is -2.64. The second-order valence-electron chi connectivity index (χ2n) is 6.01. The predicted octanol–water partition coefficient (Wildman–Crippen LogP) is 2.08. The van der Waals surface area contributed by atoms with Crippen LogP contribution in [0.15, 0.2) is 17.5 Å². The lowest BCUT2D eigenvalue weighted by molar-refractivity contribution is -0.150. The largest absolute Gasteiger partial charge is 0.343 e. The van der Waals surface area contributed by atoms with Gasteiger partial charge in [0.25, 0.3) is 0 Å². The molecule has 0 aliphatic carbocycles. The van der Waals surface area contributed by atoms with Crippen molar-refractivity contribution in [1.29, 1.82) is 0 Å². The van der Waals surface area contributed by atoms with Gasteiger partial charge >= 0.3 is 0 Å². The first kappa shape index (κ1) is 15.5. The van der Waals surface area contributed by atoms with Gasteiger partial charge in [-0.2, -0.15) is 0 Å². The minimum Gasteiger partial charge on any atom is -0.343 e. The fraction of sp³-hybridized carbons (Fsp3) is 0.667. The zero-order valence-electron chi connectivity index (χ0n) is 12.8. The molecule has 1 aliphatic rings. The Morgan fingerprint density at radius 2 is 2.15 bits per heavy atom. The van der Waals surface area contributed by atoms with E-state index in [0.29, 0.717) is 0 Å². The number of rotatable bonds is 4. The van der Waals surface area contributed by atoms with Crippen molar-refractivity contribution >= 4 is 17.2 Å². The molecule has 2 atom stereocenters. The van der Waals surface area contributed by atoms with Crippen molar-refractivity contribution in [1.82, 2.24) is 9.80 Å². The SMILES string of the molecule is CCC(N)C(c1cccs1)N1CCN(C)C(=O)C1(C)C. The third kappa shape index (κ3) is 2.62. The van der Waals surface area contributed by atoms with E-state index >= 15 is 0 Å². The van der Waals surface area contributed by atoms with Crippen LogP contribution in [0.5, 0.6) is 0 Å². The van der Waals surface area contributed by atoms with Gasteiger partial charge in [0.05, 0.1) is 11.6 Å². The number of carbonyl (C=O) groups is 1. The van der Waals surface area contributed by atoms with E-state index in [9.17, 15) is 4.79 Å². The summed E-state index contributed by atoms with van der Waals surface area (Å²) in [6.45, 7) is 7.75. The van der Waals surface area contributed by atoms with Gasteiger partial charge < -0.3 is 10.6 Å². The monoisotopic (exact) mass is 295 g/mol. The Morgan fingerprint density at radius 1 is 1.45 bits per heavy atom. The highest BCUT2D eigenvalue weighted by Gasteiger charge is 2.45. The maximum atomic E-state index is 12.5. The standard InChI is InChI=1S/C15H25N3OS/c1-5-11(16)13(12-7-6-10-20-12)18-9-8-17(4)14(19)15(18,2)3/h6-7,10-11,13H,5,8-9,16H2,1-4H3. The van der Waals surface area contributed by atoms with Crippen molar-refractivity contribution < 1.29 is 4.79 Å². The second-order valence-corrected chi connectivity index (χ2v) is 6.99. The van der Waals surface area contributed by atoms with Crippen LogP contribution in [-0.2, 0) is 4.79 Å². The van der Waals surface area contributed by atoms with Crippen LogP contribution >= 0.6 is 11.3 Å². The molecule has 0 bridgehead atoms. The van der Waals surface area contributed by atoms with Crippen LogP contribution in [0.4, 0.5) is 0 Å². The van der Waals surface area contributed by atoms with E-state index in [-0.39, 0.29) is 18.0 Å². The van der Waals surface area contributed by atoms with E-state index in [1.807, 2.05) is 25.8 Å². The normalized spacial score (nSPS) is 22.9. The zero-order valence-corrected chi connectivity index (χ0v) is 13.6. The fourth-order valence-corrected chi connectivity index (χ4v) is 3.91. The molecule has 20 heavy (non-hydrogen) atoms. The third-order valence-electron chi connectivity index (χ3n) is 4.31. The Kier molecular flexibility index (Phi) is 4.52. The molecule has 2 rings (SSSR count). The summed E-state index contributed by atoms with van der Waals surface area (Å²) in [6.07, 6.45) is 0.902. The summed E-state index contributed by atoms with van der Waals surface area (Å²) in [4.78, 5) is 17.8. The lowest BCUT2D eigenvalue weighted by Gasteiger charge is -2.49. The summed E-state index contributed by atoms with van der Waals surface area (Å²) in [6, 6.07) is 4.35. The van der Waals surface area contributed by atoms with E-state index in [2.05, 4.69) is 29.3 Å². The summed E-state index contributed by atoms with van der Waals surface area (Å²) in [5.74, 6) is 0.175. The van der Waals surface area contributed by atoms with Crippen LogP contribution in [0, 0.1) is 0 Å². The number of likely N-dealkylation sites (N-methyl/N-ethyl adjacent to an activating group) is 1. The molecule has 1 saturated heterocycles. The first-order chi connectivity index (χ1) is 9.39. The van der Waals surface area contributed by atoms with Crippen molar-refractivity contribution in [2.24, 2.45) is 5.73 Å². The van der Waals surface area contributed by atoms with Gasteiger partial charge in [0, 0.05) is 31.1 Å². The zero-order chi connectivity index (χ0) is 14.9. The van der Waals surface area contributed by atoms with E-state index in [1.54, 1.807) is 11.3 Å². The molecule has 2 heterocycles. The molecule has 0 aromatic carbocycles. The maximum Gasteiger partial charge on any atom is 0.242 e. The Morgan fingerprint density at radius 3 is 2.70 bits per heavy atom. The van der Waals surface area contributed by atoms with Crippen molar-refractivity contribution in [2.45, 2.75) is 44.8 Å². The molecular formula is C15H25N3OS. The van der Waals surface area contributed by atoms with Crippen LogP contribution in [0.25, 0.3) is 0 Å². The molecule has 1 amide bonds. The topological polar surface area (TPSA) is 49.6 Å². The van der Waals surface area contributed by atoms with Crippen molar-refractivity contribution in [3.05, 3.63) is 22.4 Å². The molecule has 2 unspecified atom stereocenters. The van der Waals surface area contributed by atoms with Gasteiger partial charge in [0.15, 0.2) is 0 Å². The Hall–Kier alpha value is -0.910.